The van der Waals surface area contributed by atoms with Gasteiger partial charge < -0.3 is 10.2 Å². The van der Waals surface area contributed by atoms with E-state index in [1.807, 2.05) is 20.0 Å². The van der Waals surface area contributed by atoms with E-state index in [4.69, 9.17) is 0 Å². The van der Waals surface area contributed by atoms with Crippen molar-refractivity contribution < 1.29 is 0 Å². The van der Waals surface area contributed by atoms with Crippen molar-refractivity contribution in [3.63, 3.8) is 0 Å². The number of hydrogen-bond acceptors (Lipinski definition) is 4. The molecule has 1 aromatic rings. The Morgan fingerprint density at radius 2 is 1.93 bits per heavy atom. The van der Waals surface area contributed by atoms with E-state index in [1.165, 1.54) is 0 Å². The van der Waals surface area contributed by atoms with Crippen molar-refractivity contribution in [3.05, 3.63) is 17.6 Å². The molecule has 1 saturated heterocycles. The SMILES string of the molecule is Cc1cnc(C)c(N2CCNCC2)n1.Cl. The molecule has 5 heteroatoms. The standard InChI is InChI=1S/C10H16N4.ClH/c1-8-7-12-9(2)10(13-8)14-5-3-11-4-6-14;/h7,11H,3-6H2,1-2H3;1H. The van der Waals surface area contributed by atoms with E-state index in [0.717, 1.165) is 43.4 Å². The minimum absolute atomic E-state index is 0. The lowest BCUT2D eigenvalue weighted by atomic mass is 10.3. The maximum absolute atomic E-state index is 4.53. The highest BCUT2D eigenvalue weighted by Gasteiger charge is 2.14. The second-order valence-electron chi connectivity index (χ2n) is 3.66. The molecule has 84 valence electrons. The topological polar surface area (TPSA) is 41.1 Å². The van der Waals surface area contributed by atoms with Crippen LogP contribution in [0, 0.1) is 13.8 Å². The molecule has 1 fully saturated rings. The lowest BCUT2D eigenvalue weighted by molar-refractivity contribution is 0.582. The quantitative estimate of drug-likeness (QED) is 0.777. The van der Waals surface area contributed by atoms with Crippen LogP contribution in [0.5, 0.6) is 0 Å². The number of nitrogens with one attached hydrogen (secondary N) is 1. The highest BCUT2D eigenvalue weighted by molar-refractivity contribution is 5.85. The number of piperazine rings is 1. The van der Waals surface area contributed by atoms with Crippen molar-refractivity contribution in [3.8, 4) is 0 Å². The van der Waals surface area contributed by atoms with Crippen LogP contribution in [0.25, 0.3) is 0 Å². The molecule has 2 heterocycles. The molecule has 1 aliphatic rings. The third-order valence-corrected chi connectivity index (χ3v) is 2.47. The van der Waals surface area contributed by atoms with E-state index in [9.17, 15) is 0 Å². The molecule has 1 N–H and O–H groups in total. The van der Waals surface area contributed by atoms with Gasteiger partial charge in [-0.1, -0.05) is 0 Å². The van der Waals surface area contributed by atoms with E-state index in [1.54, 1.807) is 0 Å². The molecule has 0 saturated carbocycles. The molecule has 1 aromatic heterocycles. The number of aryl methyl sites for hydroxylation is 2. The lowest BCUT2D eigenvalue weighted by Gasteiger charge is -2.29. The van der Waals surface area contributed by atoms with Crippen LogP contribution >= 0.6 is 12.4 Å². The Balaban J connectivity index is 0.00000112. The molecular formula is C10H17ClN4. The summed E-state index contributed by atoms with van der Waals surface area (Å²) in [6.45, 7) is 8.13. The van der Waals surface area contributed by atoms with Crippen molar-refractivity contribution in [2.45, 2.75) is 13.8 Å². The Kier molecular flexibility index (Phi) is 4.29. The van der Waals surface area contributed by atoms with Gasteiger partial charge in [0.25, 0.3) is 0 Å². The van der Waals surface area contributed by atoms with Crippen molar-refractivity contribution in [1.82, 2.24) is 15.3 Å². The Hall–Kier alpha value is -0.870. The fourth-order valence-corrected chi connectivity index (χ4v) is 1.70. The van der Waals surface area contributed by atoms with Gasteiger partial charge in [-0.05, 0) is 13.8 Å². The predicted octanol–water partition coefficient (Wildman–Crippen LogP) is 0.925. The Labute approximate surface area is 96.5 Å². The van der Waals surface area contributed by atoms with Gasteiger partial charge in [-0.3, -0.25) is 4.98 Å². The molecular weight excluding hydrogens is 212 g/mol. The number of hydrogen-bond donors (Lipinski definition) is 1. The summed E-state index contributed by atoms with van der Waals surface area (Å²) in [5.74, 6) is 1.05. The molecule has 4 nitrogen and oxygen atoms in total. The van der Waals surface area contributed by atoms with Crippen LogP contribution in [0.4, 0.5) is 5.82 Å². The number of rotatable bonds is 1. The first-order valence-corrected chi connectivity index (χ1v) is 5.03. The maximum atomic E-state index is 4.53. The summed E-state index contributed by atoms with van der Waals surface area (Å²) in [6.07, 6.45) is 1.82. The summed E-state index contributed by atoms with van der Waals surface area (Å²) in [4.78, 5) is 11.2. The first-order chi connectivity index (χ1) is 6.77. The Morgan fingerprint density at radius 1 is 1.27 bits per heavy atom. The van der Waals surface area contributed by atoms with E-state index < -0.39 is 0 Å². The average Bonchev–Trinajstić information content (AvgIpc) is 2.23. The molecule has 0 amide bonds. The largest absolute Gasteiger partial charge is 0.353 e. The number of nitrogens with zero attached hydrogens (tertiary/aromatic N) is 3. The van der Waals surface area contributed by atoms with Crippen LogP contribution in [0.15, 0.2) is 6.20 Å². The van der Waals surface area contributed by atoms with Crippen LogP contribution in [-0.2, 0) is 0 Å². The summed E-state index contributed by atoms with van der Waals surface area (Å²) in [6, 6.07) is 0. The average molecular weight is 229 g/mol. The molecule has 0 radical (unpaired) electrons. The zero-order chi connectivity index (χ0) is 9.97. The molecule has 0 aliphatic carbocycles. The highest BCUT2D eigenvalue weighted by Crippen LogP contribution is 2.15. The third-order valence-electron chi connectivity index (χ3n) is 2.47. The molecule has 0 aromatic carbocycles. The smallest absolute Gasteiger partial charge is 0.150 e. The van der Waals surface area contributed by atoms with Crippen molar-refractivity contribution >= 4 is 18.2 Å². The van der Waals surface area contributed by atoms with Gasteiger partial charge in [0.15, 0.2) is 0 Å². The summed E-state index contributed by atoms with van der Waals surface area (Å²) in [5, 5.41) is 3.33. The molecule has 0 unspecified atom stereocenters. The molecule has 0 atom stereocenters. The fraction of sp³-hybridized carbons (Fsp3) is 0.600. The first kappa shape index (κ1) is 12.2. The van der Waals surface area contributed by atoms with Crippen LogP contribution in [0.2, 0.25) is 0 Å². The number of halogens is 1. The summed E-state index contributed by atoms with van der Waals surface area (Å²) >= 11 is 0. The molecule has 2 rings (SSSR count). The Morgan fingerprint density at radius 3 is 2.60 bits per heavy atom. The van der Waals surface area contributed by atoms with E-state index >= 15 is 0 Å². The minimum Gasteiger partial charge on any atom is -0.353 e. The molecule has 0 spiro atoms. The van der Waals surface area contributed by atoms with Crippen molar-refractivity contribution in [2.75, 3.05) is 31.1 Å². The normalized spacial score (nSPS) is 16.0. The number of aromatic nitrogens is 2. The van der Waals surface area contributed by atoms with Gasteiger partial charge in [0.05, 0.1) is 11.4 Å². The van der Waals surface area contributed by atoms with E-state index in [-0.39, 0.29) is 12.4 Å². The van der Waals surface area contributed by atoms with Crippen LogP contribution < -0.4 is 10.2 Å². The molecule has 1 aliphatic heterocycles. The van der Waals surface area contributed by atoms with Crippen molar-refractivity contribution in [2.24, 2.45) is 0 Å². The minimum atomic E-state index is 0. The second kappa shape index (κ2) is 5.28. The zero-order valence-corrected chi connectivity index (χ0v) is 9.97. The summed E-state index contributed by atoms with van der Waals surface area (Å²) in [7, 11) is 0. The van der Waals surface area contributed by atoms with Gasteiger partial charge >= 0.3 is 0 Å². The lowest BCUT2D eigenvalue weighted by Crippen LogP contribution is -2.44. The Bertz CT molecular complexity index is 323. The predicted molar refractivity (Wildman–Crippen MR) is 63.8 cm³/mol. The highest BCUT2D eigenvalue weighted by atomic mass is 35.5. The number of anilines is 1. The van der Waals surface area contributed by atoms with Crippen LogP contribution in [0.3, 0.4) is 0 Å². The van der Waals surface area contributed by atoms with Crippen molar-refractivity contribution in [1.29, 1.82) is 0 Å². The fourth-order valence-electron chi connectivity index (χ4n) is 1.70. The van der Waals surface area contributed by atoms with Gasteiger partial charge in [-0.25, -0.2) is 4.98 Å². The van der Waals surface area contributed by atoms with E-state index in [2.05, 4.69) is 20.2 Å². The summed E-state index contributed by atoms with van der Waals surface area (Å²) < 4.78 is 0. The van der Waals surface area contributed by atoms with Gasteiger partial charge in [0.1, 0.15) is 5.82 Å². The van der Waals surface area contributed by atoms with Crippen LogP contribution in [-0.4, -0.2) is 36.1 Å². The summed E-state index contributed by atoms with van der Waals surface area (Å²) in [5.41, 5.74) is 2.02. The van der Waals surface area contributed by atoms with E-state index in [0.29, 0.717) is 0 Å². The maximum Gasteiger partial charge on any atom is 0.150 e. The second-order valence-corrected chi connectivity index (χ2v) is 3.66. The monoisotopic (exact) mass is 228 g/mol. The first-order valence-electron chi connectivity index (χ1n) is 5.03. The molecule has 15 heavy (non-hydrogen) atoms. The van der Waals surface area contributed by atoms with Gasteiger partial charge in [0, 0.05) is 32.4 Å². The third kappa shape index (κ3) is 2.79. The van der Waals surface area contributed by atoms with Crippen LogP contribution in [0.1, 0.15) is 11.4 Å². The zero-order valence-electron chi connectivity index (χ0n) is 9.16. The van der Waals surface area contributed by atoms with Gasteiger partial charge in [-0.15, -0.1) is 12.4 Å². The molecule has 0 bridgehead atoms. The van der Waals surface area contributed by atoms with Gasteiger partial charge in [0.2, 0.25) is 0 Å². The van der Waals surface area contributed by atoms with Gasteiger partial charge in [-0.2, -0.15) is 0 Å².